The van der Waals surface area contributed by atoms with Gasteiger partial charge in [0.2, 0.25) is 11.6 Å². The van der Waals surface area contributed by atoms with E-state index in [4.69, 9.17) is 4.52 Å². The molecule has 9 nitrogen and oxygen atoms in total. The number of hydrogen-bond donors (Lipinski definition) is 1. The first-order valence-corrected chi connectivity index (χ1v) is 9.41. The van der Waals surface area contributed by atoms with Crippen LogP contribution in [0.25, 0.3) is 11.4 Å². The molecule has 0 atom stereocenters. The first-order chi connectivity index (χ1) is 14.4. The van der Waals surface area contributed by atoms with Crippen LogP contribution in [-0.4, -0.2) is 55.5 Å². The van der Waals surface area contributed by atoms with E-state index in [0.717, 1.165) is 12.4 Å². The van der Waals surface area contributed by atoms with Crippen LogP contribution in [0.4, 0.5) is 4.39 Å². The van der Waals surface area contributed by atoms with Crippen molar-refractivity contribution in [2.45, 2.75) is 25.3 Å². The number of likely N-dealkylation sites (tertiary alicyclic amines) is 1. The third-order valence-electron chi connectivity index (χ3n) is 5.04. The zero-order valence-corrected chi connectivity index (χ0v) is 16.2. The number of rotatable bonds is 4. The topological polar surface area (TPSA) is 114 Å². The van der Waals surface area contributed by atoms with Crippen molar-refractivity contribution in [1.82, 2.24) is 30.3 Å². The second kappa shape index (κ2) is 7.97. The Hall–Kier alpha value is -3.69. The van der Waals surface area contributed by atoms with Gasteiger partial charge in [0.1, 0.15) is 5.69 Å². The third kappa shape index (κ3) is 4.17. The number of pyridine rings is 1. The van der Waals surface area contributed by atoms with Crippen LogP contribution in [0.5, 0.6) is 0 Å². The Morgan fingerprint density at radius 1 is 1.13 bits per heavy atom. The van der Waals surface area contributed by atoms with E-state index in [1.165, 1.54) is 0 Å². The summed E-state index contributed by atoms with van der Waals surface area (Å²) < 4.78 is 18.2. The summed E-state index contributed by atoms with van der Waals surface area (Å²) in [6.45, 7) is 2.75. The molecule has 30 heavy (non-hydrogen) atoms. The van der Waals surface area contributed by atoms with Gasteiger partial charge in [-0.3, -0.25) is 14.6 Å². The quantitative estimate of drug-likeness (QED) is 0.700. The molecule has 1 saturated heterocycles. The normalized spacial score (nSPS) is 15.6. The molecule has 1 aliphatic rings. The fraction of sp³-hybridized carbons (Fsp3) is 0.300. The maximum absolute atomic E-state index is 12.9. The van der Waals surface area contributed by atoms with Crippen molar-refractivity contribution in [2.24, 2.45) is 0 Å². The highest BCUT2D eigenvalue weighted by atomic mass is 19.1. The molecule has 154 valence electrons. The van der Waals surface area contributed by atoms with Crippen molar-refractivity contribution in [3.05, 3.63) is 60.3 Å². The van der Waals surface area contributed by atoms with Crippen LogP contribution >= 0.6 is 0 Å². The van der Waals surface area contributed by atoms with Crippen molar-refractivity contribution in [3.63, 3.8) is 0 Å². The lowest BCUT2D eigenvalue weighted by atomic mass is 9.89. The maximum Gasteiger partial charge on any atom is 0.292 e. The van der Waals surface area contributed by atoms with Crippen molar-refractivity contribution >= 4 is 11.8 Å². The average molecular weight is 410 g/mol. The number of nitrogens with zero attached hydrogens (tertiary/aromatic N) is 5. The summed E-state index contributed by atoms with van der Waals surface area (Å²) in [6, 6.07) is 6.98. The van der Waals surface area contributed by atoms with Gasteiger partial charge in [-0.2, -0.15) is 0 Å². The van der Waals surface area contributed by atoms with E-state index in [9.17, 15) is 14.0 Å². The smallest absolute Gasteiger partial charge is 0.292 e. The van der Waals surface area contributed by atoms with Crippen LogP contribution < -0.4 is 5.32 Å². The average Bonchev–Trinajstić information content (AvgIpc) is 3.25. The van der Waals surface area contributed by atoms with Gasteiger partial charge in [0.15, 0.2) is 5.82 Å². The summed E-state index contributed by atoms with van der Waals surface area (Å²) in [5, 5.41) is 6.81. The maximum atomic E-state index is 12.9. The second-order valence-corrected chi connectivity index (χ2v) is 7.32. The molecule has 0 unspecified atom stereocenters. The monoisotopic (exact) mass is 410 g/mol. The minimum atomic E-state index is -0.608. The number of carbonyl (C=O) groups is 2. The number of aromatic nitrogens is 4. The van der Waals surface area contributed by atoms with Crippen molar-refractivity contribution in [2.75, 3.05) is 13.1 Å². The molecule has 0 radical (unpaired) electrons. The standard InChI is InChI=1S/C20H19FN6O3/c1-20(25-18(28)17-23-11-13(21)12-24-17)5-8-27(9-6-20)19(29)16-10-15(26-30-16)14-4-2-3-7-22-14/h2-4,7,10-12H,5-6,8-9H2,1H3,(H,25,28). The Labute approximate surface area is 171 Å². The van der Waals surface area contributed by atoms with Crippen molar-refractivity contribution in [3.8, 4) is 11.4 Å². The first kappa shape index (κ1) is 19.6. The number of piperidine rings is 1. The number of carbonyl (C=O) groups excluding carboxylic acids is 2. The van der Waals surface area contributed by atoms with Gasteiger partial charge in [-0.15, -0.1) is 0 Å². The minimum Gasteiger partial charge on any atom is -0.350 e. The predicted molar refractivity (Wildman–Crippen MR) is 103 cm³/mol. The van der Waals surface area contributed by atoms with Gasteiger partial charge in [-0.25, -0.2) is 14.4 Å². The molecule has 3 aromatic heterocycles. The molecule has 2 amide bonds. The summed E-state index contributed by atoms with van der Waals surface area (Å²) in [7, 11) is 0. The molecular weight excluding hydrogens is 391 g/mol. The van der Waals surface area contributed by atoms with E-state index < -0.39 is 17.3 Å². The molecule has 0 aliphatic carbocycles. The van der Waals surface area contributed by atoms with Gasteiger partial charge in [0.05, 0.1) is 18.1 Å². The predicted octanol–water partition coefficient (Wildman–Crippen LogP) is 2.09. The Kier molecular flexibility index (Phi) is 5.21. The van der Waals surface area contributed by atoms with Gasteiger partial charge >= 0.3 is 0 Å². The van der Waals surface area contributed by atoms with Crippen LogP contribution in [0, 0.1) is 5.82 Å². The Morgan fingerprint density at radius 3 is 2.53 bits per heavy atom. The highest BCUT2D eigenvalue weighted by molar-refractivity contribution is 5.93. The molecule has 1 aliphatic heterocycles. The summed E-state index contributed by atoms with van der Waals surface area (Å²) in [5.41, 5.74) is 0.580. The van der Waals surface area contributed by atoms with Gasteiger partial charge in [-0.05, 0) is 31.9 Å². The molecule has 1 fully saturated rings. The zero-order chi connectivity index (χ0) is 21.1. The number of amides is 2. The Morgan fingerprint density at radius 2 is 1.87 bits per heavy atom. The summed E-state index contributed by atoms with van der Waals surface area (Å²) in [5.74, 6) is -1.31. The van der Waals surface area contributed by atoms with Gasteiger partial charge < -0.3 is 14.7 Å². The Bertz CT molecular complexity index is 1050. The zero-order valence-electron chi connectivity index (χ0n) is 16.2. The number of halogens is 1. The molecule has 3 aromatic rings. The lowest BCUT2D eigenvalue weighted by Crippen LogP contribution is -2.54. The van der Waals surface area contributed by atoms with Gasteiger partial charge in [0.25, 0.3) is 11.8 Å². The number of hydrogen-bond acceptors (Lipinski definition) is 7. The molecule has 1 N–H and O–H groups in total. The van der Waals surface area contributed by atoms with Crippen LogP contribution in [0.1, 0.15) is 40.9 Å². The van der Waals surface area contributed by atoms with E-state index in [-0.39, 0.29) is 17.5 Å². The summed E-state index contributed by atoms with van der Waals surface area (Å²) >= 11 is 0. The fourth-order valence-corrected chi connectivity index (χ4v) is 3.25. The molecule has 4 heterocycles. The van der Waals surface area contributed by atoms with Crippen LogP contribution in [-0.2, 0) is 0 Å². The van der Waals surface area contributed by atoms with E-state index in [1.807, 2.05) is 13.0 Å². The van der Waals surface area contributed by atoms with Crippen LogP contribution in [0.3, 0.4) is 0 Å². The van der Waals surface area contributed by atoms with Crippen LogP contribution in [0.2, 0.25) is 0 Å². The third-order valence-corrected chi connectivity index (χ3v) is 5.04. The highest BCUT2D eigenvalue weighted by Gasteiger charge is 2.35. The summed E-state index contributed by atoms with van der Waals surface area (Å²) in [4.78, 5) is 38.3. The minimum absolute atomic E-state index is 0.0974. The molecule has 0 spiro atoms. The second-order valence-electron chi connectivity index (χ2n) is 7.32. The molecule has 0 bridgehead atoms. The van der Waals surface area contributed by atoms with E-state index >= 15 is 0 Å². The lowest BCUT2D eigenvalue weighted by Gasteiger charge is -2.39. The SMILES string of the molecule is CC1(NC(=O)c2ncc(F)cn2)CCN(C(=O)c2cc(-c3ccccn3)no2)CC1. The number of nitrogens with one attached hydrogen (secondary N) is 1. The molecule has 4 rings (SSSR count). The fourth-order valence-electron chi connectivity index (χ4n) is 3.25. The van der Waals surface area contributed by atoms with Gasteiger partial charge in [0, 0.05) is 30.9 Å². The molecular formula is C20H19FN6O3. The van der Waals surface area contributed by atoms with Crippen molar-refractivity contribution < 1.29 is 18.5 Å². The van der Waals surface area contributed by atoms with E-state index in [1.54, 1.807) is 29.3 Å². The van der Waals surface area contributed by atoms with Gasteiger partial charge in [-0.1, -0.05) is 11.2 Å². The summed E-state index contributed by atoms with van der Waals surface area (Å²) in [6.07, 6.45) is 4.60. The van der Waals surface area contributed by atoms with E-state index in [0.29, 0.717) is 37.3 Å². The van der Waals surface area contributed by atoms with E-state index in [2.05, 4.69) is 25.4 Å². The highest BCUT2D eigenvalue weighted by Crippen LogP contribution is 2.24. The molecule has 10 heteroatoms. The lowest BCUT2D eigenvalue weighted by molar-refractivity contribution is 0.0599. The van der Waals surface area contributed by atoms with Crippen LogP contribution in [0.15, 0.2) is 47.4 Å². The largest absolute Gasteiger partial charge is 0.350 e. The van der Waals surface area contributed by atoms with Crippen molar-refractivity contribution in [1.29, 1.82) is 0 Å². The molecule has 0 aromatic carbocycles. The first-order valence-electron chi connectivity index (χ1n) is 9.41. The molecule has 0 saturated carbocycles. The Balaban J connectivity index is 1.37.